The number of alkyl halides is 1. The molecule has 1 atom stereocenters. The molecule has 1 heterocycles. The maximum absolute atomic E-state index is 5.86. The molecule has 1 aromatic rings. The van der Waals surface area contributed by atoms with E-state index in [1.165, 1.54) is 25.1 Å². The topological polar surface area (TPSA) is 3.24 Å². The summed E-state index contributed by atoms with van der Waals surface area (Å²) in [7, 11) is 0. The van der Waals surface area contributed by atoms with Gasteiger partial charge in [0.25, 0.3) is 0 Å². The molecule has 1 unspecified atom stereocenters. The van der Waals surface area contributed by atoms with Crippen molar-refractivity contribution in [1.82, 2.24) is 4.90 Å². The zero-order valence-electron chi connectivity index (χ0n) is 9.33. The van der Waals surface area contributed by atoms with Crippen molar-refractivity contribution in [2.24, 2.45) is 5.92 Å². The number of likely N-dealkylation sites (tertiary alicyclic amines) is 1. The van der Waals surface area contributed by atoms with E-state index in [1.807, 2.05) is 12.1 Å². The van der Waals surface area contributed by atoms with Crippen molar-refractivity contribution in [3.63, 3.8) is 0 Å². The predicted molar refractivity (Wildman–Crippen MR) is 70.2 cm³/mol. The lowest BCUT2D eigenvalue weighted by atomic mass is 10.1. The van der Waals surface area contributed by atoms with Gasteiger partial charge in [-0.05, 0) is 43.0 Å². The third-order valence-corrected chi connectivity index (χ3v) is 3.68. The molecule has 2 rings (SSSR count). The Morgan fingerprint density at radius 3 is 2.69 bits per heavy atom. The van der Waals surface area contributed by atoms with Gasteiger partial charge in [-0.2, -0.15) is 0 Å². The molecule has 0 N–H and O–H groups in total. The Bertz CT molecular complexity index is 323. The van der Waals surface area contributed by atoms with Crippen molar-refractivity contribution in [2.75, 3.05) is 19.0 Å². The Morgan fingerprint density at radius 1 is 1.25 bits per heavy atom. The predicted octanol–water partition coefficient (Wildman–Crippen LogP) is 3.79. The van der Waals surface area contributed by atoms with Crippen molar-refractivity contribution in [3.8, 4) is 0 Å². The van der Waals surface area contributed by atoms with Crippen molar-refractivity contribution in [2.45, 2.75) is 19.4 Å². The van der Waals surface area contributed by atoms with Crippen LogP contribution in [-0.4, -0.2) is 23.9 Å². The van der Waals surface area contributed by atoms with E-state index in [1.54, 1.807) is 0 Å². The van der Waals surface area contributed by atoms with Crippen LogP contribution in [0.2, 0.25) is 5.02 Å². The maximum Gasteiger partial charge on any atom is 0.0406 e. The Balaban J connectivity index is 1.84. The van der Waals surface area contributed by atoms with E-state index in [9.17, 15) is 0 Å². The van der Waals surface area contributed by atoms with Crippen molar-refractivity contribution in [3.05, 3.63) is 34.9 Å². The molecule has 1 nitrogen and oxygen atoms in total. The monoisotopic (exact) mass is 257 g/mol. The van der Waals surface area contributed by atoms with Crippen molar-refractivity contribution < 1.29 is 0 Å². The minimum Gasteiger partial charge on any atom is -0.299 e. The Kier molecular flexibility index (Phi) is 4.51. The summed E-state index contributed by atoms with van der Waals surface area (Å²) in [5.74, 6) is 1.59. The highest BCUT2D eigenvalue weighted by atomic mass is 35.5. The molecule has 0 amide bonds. The molecule has 0 spiro atoms. The third kappa shape index (κ3) is 3.38. The van der Waals surface area contributed by atoms with Crippen LogP contribution in [0.25, 0.3) is 0 Å². The van der Waals surface area contributed by atoms with Gasteiger partial charge in [-0.3, -0.25) is 4.90 Å². The van der Waals surface area contributed by atoms with E-state index < -0.39 is 0 Å². The van der Waals surface area contributed by atoms with Crippen LogP contribution in [0.3, 0.4) is 0 Å². The summed E-state index contributed by atoms with van der Waals surface area (Å²) in [6.45, 7) is 3.43. The number of hydrogen-bond acceptors (Lipinski definition) is 1. The highest BCUT2D eigenvalue weighted by Crippen LogP contribution is 2.22. The fraction of sp³-hybridized carbons (Fsp3) is 0.538. The Labute approximate surface area is 107 Å². The van der Waals surface area contributed by atoms with Gasteiger partial charge >= 0.3 is 0 Å². The van der Waals surface area contributed by atoms with Crippen LogP contribution >= 0.6 is 23.2 Å². The standard InChI is InChI=1S/C13H17Cl2N/c14-7-5-12-6-8-16(10-12)9-11-1-3-13(15)4-2-11/h1-4,12H,5-10H2. The second kappa shape index (κ2) is 5.90. The van der Waals surface area contributed by atoms with E-state index in [0.717, 1.165) is 29.8 Å². The highest BCUT2D eigenvalue weighted by Gasteiger charge is 2.21. The zero-order valence-corrected chi connectivity index (χ0v) is 10.8. The van der Waals surface area contributed by atoms with Crippen LogP contribution < -0.4 is 0 Å². The largest absolute Gasteiger partial charge is 0.299 e. The number of nitrogens with zero attached hydrogens (tertiary/aromatic N) is 1. The quantitative estimate of drug-likeness (QED) is 0.743. The first-order chi connectivity index (χ1) is 7.78. The molecule has 1 aliphatic rings. The second-order valence-corrected chi connectivity index (χ2v) is 5.31. The van der Waals surface area contributed by atoms with Crippen LogP contribution in [0.1, 0.15) is 18.4 Å². The summed E-state index contributed by atoms with van der Waals surface area (Å²) in [6, 6.07) is 8.14. The summed E-state index contributed by atoms with van der Waals surface area (Å²) < 4.78 is 0. The van der Waals surface area contributed by atoms with E-state index >= 15 is 0 Å². The summed E-state index contributed by atoms with van der Waals surface area (Å²) >= 11 is 11.6. The van der Waals surface area contributed by atoms with E-state index in [-0.39, 0.29) is 0 Å². The van der Waals surface area contributed by atoms with Crippen LogP contribution in [0.5, 0.6) is 0 Å². The van der Waals surface area contributed by atoms with Gasteiger partial charge in [0.2, 0.25) is 0 Å². The average molecular weight is 258 g/mol. The highest BCUT2D eigenvalue weighted by molar-refractivity contribution is 6.30. The zero-order chi connectivity index (χ0) is 11.4. The molecule has 0 radical (unpaired) electrons. The molecule has 1 fully saturated rings. The molecule has 0 aliphatic carbocycles. The molecular weight excluding hydrogens is 241 g/mol. The lowest BCUT2D eigenvalue weighted by molar-refractivity contribution is 0.315. The summed E-state index contributed by atoms with van der Waals surface area (Å²) in [6.07, 6.45) is 2.44. The molecule has 3 heteroatoms. The minimum atomic E-state index is 0.791. The SMILES string of the molecule is ClCCC1CCN(Cc2ccc(Cl)cc2)C1. The summed E-state index contributed by atoms with van der Waals surface area (Å²) in [4.78, 5) is 2.50. The molecule has 0 bridgehead atoms. The Morgan fingerprint density at radius 2 is 2.00 bits per heavy atom. The maximum atomic E-state index is 5.86. The summed E-state index contributed by atoms with van der Waals surface area (Å²) in [5.41, 5.74) is 1.34. The molecule has 0 saturated carbocycles. The molecule has 0 aromatic heterocycles. The smallest absolute Gasteiger partial charge is 0.0406 e. The fourth-order valence-corrected chi connectivity index (χ4v) is 2.73. The number of benzene rings is 1. The van der Waals surface area contributed by atoms with Crippen molar-refractivity contribution in [1.29, 1.82) is 0 Å². The third-order valence-electron chi connectivity index (χ3n) is 3.21. The molecule has 1 aliphatic heterocycles. The summed E-state index contributed by atoms with van der Waals surface area (Å²) in [5, 5.41) is 0.810. The number of hydrogen-bond donors (Lipinski definition) is 0. The van der Waals surface area contributed by atoms with E-state index in [4.69, 9.17) is 23.2 Å². The minimum absolute atomic E-state index is 0.791. The first kappa shape index (κ1) is 12.2. The second-order valence-electron chi connectivity index (χ2n) is 4.49. The first-order valence-corrected chi connectivity index (χ1v) is 6.72. The number of halogens is 2. The van der Waals surface area contributed by atoms with Crippen molar-refractivity contribution >= 4 is 23.2 Å². The van der Waals surface area contributed by atoms with Gasteiger partial charge in [0.05, 0.1) is 0 Å². The molecule has 88 valence electrons. The van der Waals surface area contributed by atoms with Crippen LogP contribution in [0, 0.1) is 5.92 Å². The van der Waals surface area contributed by atoms with E-state index in [0.29, 0.717) is 0 Å². The lowest BCUT2D eigenvalue weighted by Gasteiger charge is -2.15. The van der Waals surface area contributed by atoms with Crippen LogP contribution in [-0.2, 0) is 6.54 Å². The fourth-order valence-electron chi connectivity index (χ4n) is 2.29. The van der Waals surface area contributed by atoms with E-state index in [2.05, 4.69) is 17.0 Å². The van der Waals surface area contributed by atoms with Gasteiger partial charge < -0.3 is 0 Å². The molecule has 16 heavy (non-hydrogen) atoms. The van der Waals surface area contributed by atoms with Gasteiger partial charge in [0.15, 0.2) is 0 Å². The number of rotatable bonds is 4. The molecular formula is C13H17Cl2N. The van der Waals surface area contributed by atoms with Gasteiger partial charge in [0, 0.05) is 24.0 Å². The van der Waals surface area contributed by atoms with Gasteiger partial charge in [-0.15, -0.1) is 11.6 Å². The first-order valence-electron chi connectivity index (χ1n) is 5.80. The lowest BCUT2D eigenvalue weighted by Crippen LogP contribution is -2.20. The molecule has 1 saturated heterocycles. The van der Waals surface area contributed by atoms with Gasteiger partial charge in [-0.1, -0.05) is 23.7 Å². The van der Waals surface area contributed by atoms with Gasteiger partial charge in [-0.25, -0.2) is 0 Å². The molecule has 1 aromatic carbocycles. The van der Waals surface area contributed by atoms with Crippen LogP contribution in [0.15, 0.2) is 24.3 Å². The van der Waals surface area contributed by atoms with Gasteiger partial charge in [0.1, 0.15) is 0 Å². The van der Waals surface area contributed by atoms with Crippen LogP contribution in [0.4, 0.5) is 0 Å². The average Bonchev–Trinajstić information content (AvgIpc) is 2.70. The Hall–Kier alpha value is -0.240. The normalized spacial score (nSPS) is 21.5.